The minimum Gasteiger partial charge on any atom is -0.415 e. The van der Waals surface area contributed by atoms with E-state index < -0.39 is 0 Å². The van der Waals surface area contributed by atoms with Crippen molar-refractivity contribution in [3.05, 3.63) is 29.8 Å². The number of carbonyl (C=O) groups is 1. The van der Waals surface area contributed by atoms with E-state index in [0.717, 1.165) is 31.7 Å². The molecule has 1 saturated heterocycles. The summed E-state index contributed by atoms with van der Waals surface area (Å²) < 4.78 is 5.55. The largest absolute Gasteiger partial charge is 0.518 e. The van der Waals surface area contributed by atoms with Gasteiger partial charge in [0, 0.05) is 6.54 Å². The lowest BCUT2D eigenvalue weighted by Gasteiger charge is -2.28. The van der Waals surface area contributed by atoms with Gasteiger partial charge in [0.2, 0.25) is 0 Å². The van der Waals surface area contributed by atoms with Gasteiger partial charge >= 0.3 is 6.09 Å². The molecule has 4 nitrogen and oxygen atoms in total. The molecular weight excluding hydrogens is 324 g/mol. The Labute approximate surface area is 159 Å². The van der Waals surface area contributed by atoms with Crippen molar-refractivity contribution < 1.29 is 14.8 Å². The highest BCUT2D eigenvalue weighted by atomic mass is 16.6. The highest BCUT2D eigenvalue weighted by molar-refractivity contribution is 5.59. The van der Waals surface area contributed by atoms with Crippen LogP contribution in [0.5, 0.6) is 0 Å². The van der Waals surface area contributed by atoms with Crippen LogP contribution in [0.4, 0.5) is 10.5 Å². The third-order valence-electron chi connectivity index (χ3n) is 5.11. The summed E-state index contributed by atoms with van der Waals surface area (Å²) in [6, 6.07) is 8.32. The van der Waals surface area contributed by atoms with E-state index in [4.69, 9.17) is 4.74 Å². The molecule has 1 aromatic rings. The van der Waals surface area contributed by atoms with Crippen molar-refractivity contribution in [3.63, 3.8) is 0 Å². The Hall–Kier alpha value is -1.39. The molecule has 1 aliphatic heterocycles. The number of benzene rings is 1. The molecule has 4 heteroatoms. The Balaban J connectivity index is 1.66. The fourth-order valence-corrected chi connectivity index (χ4v) is 3.62. The van der Waals surface area contributed by atoms with Gasteiger partial charge in [-0.1, -0.05) is 51.2 Å². The van der Waals surface area contributed by atoms with E-state index in [1.807, 2.05) is 19.1 Å². The number of quaternary nitrogens is 1. The number of ether oxygens (including phenoxy) is 1. The smallest absolute Gasteiger partial charge is 0.415 e. The second-order valence-electron chi connectivity index (χ2n) is 7.66. The number of hydrogen-bond donors (Lipinski definition) is 1. The number of nitrogens with two attached hydrogens (primary N) is 1. The summed E-state index contributed by atoms with van der Waals surface area (Å²) in [5.41, 5.74) is 2.28. The predicted octanol–water partition coefficient (Wildman–Crippen LogP) is 4.41. The van der Waals surface area contributed by atoms with Crippen molar-refractivity contribution in [1.82, 2.24) is 4.90 Å². The lowest BCUT2D eigenvalue weighted by molar-refractivity contribution is -0.484. The zero-order chi connectivity index (χ0) is 18.6. The first-order valence-electron chi connectivity index (χ1n) is 10.5. The standard InChI is InChI=1S/C22H36N2O2/c1-3-4-5-6-8-11-20-12-14-21(15-13-20)23-22(25)26-19(2)18-24-16-9-7-10-17-24/h12-15,19H,3-11,16-18H2,1-2H3,(H,23,25)/p+1/t19-/m0/s1. The first kappa shape index (κ1) is 20.9. The van der Waals surface area contributed by atoms with Crippen molar-refractivity contribution in [2.24, 2.45) is 0 Å². The fraction of sp³-hybridized carbons (Fsp3) is 0.682. The van der Waals surface area contributed by atoms with Crippen molar-refractivity contribution in [2.75, 3.05) is 19.6 Å². The van der Waals surface area contributed by atoms with Gasteiger partial charge < -0.3 is 4.74 Å². The molecule has 1 aliphatic rings. The van der Waals surface area contributed by atoms with Crippen LogP contribution in [0.2, 0.25) is 0 Å². The Kier molecular flexibility index (Phi) is 9.72. The van der Waals surface area contributed by atoms with E-state index >= 15 is 0 Å². The van der Waals surface area contributed by atoms with Crippen molar-refractivity contribution >= 4 is 11.8 Å². The third kappa shape index (κ3) is 8.33. The van der Waals surface area contributed by atoms with Gasteiger partial charge in [-0.2, -0.15) is 4.79 Å². The summed E-state index contributed by atoms with van der Waals surface area (Å²) >= 11 is 0. The van der Waals surface area contributed by atoms with E-state index in [1.165, 1.54) is 56.9 Å². The number of carbonyl (C=O) groups excluding carboxylic acids is 1. The molecule has 2 rings (SSSR count). The first-order chi connectivity index (χ1) is 12.7. The van der Waals surface area contributed by atoms with Crippen LogP contribution in [-0.2, 0) is 11.2 Å². The average Bonchev–Trinajstić information content (AvgIpc) is 2.63. The number of aryl methyl sites for hydroxylation is 1. The lowest BCUT2D eigenvalue weighted by Crippen LogP contribution is -2.82. The third-order valence-corrected chi connectivity index (χ3v) is 5.11. The van der Waals surface area contributed by atoms with Crippen molar-refractivity contribution in [2.45, 2.75) is 77.7 Å². The number of hydrogen-bond acceptors (Lipinski definition) is 3. The minimum atomic E-state index is -0.234. The summed E-state index contributed by atoms with van der Waals surface area (Å²) in [4.78, 5) is 14.5. The highest BCUT2D eigenvalue weighted by Gasteiger charge is 2.18. The van der Waals surface area contributed by atoms with Gasteiger partial charge in [0.1, 0.15) is 11.8 Å². The van der Waals surface area contributed by atoms with E-state index in [9.17, 15) is 4.79 Å². The van der Waals surface area contributed by atoms with Gasteiger partial charge in [0.25, 0.3) is 0 Å². The van der Waals surface area contributed by atoms with Crippen LogP contribution in [0, 0.1) is 0 Å². The number of piperidine rings is 1. The molecule has 1 aromatic carbocycles. The second-order valence-corrected chi connectivity index (χ2v) is 7.66. The average molecular weight is 362 g/mol. The van der Waals surface area contributed by atoms with Crippen molar-refractivity contribution in [3.8, 4) is 0 Å². The maximum absolute atomic E-state index is 12.1. The normalized spacial score (nSPS) is 16.4. The molecule has 0 aromatic heterocycles. The van der Waals surface area contributed by atoms with E-state index in [1.54, 1.807) is 5.32 Å². The molecule has 0 aliphatic carbocycles. The minimum absolute atomic E-state index is 0.0563. The zero-order valence-electron chi connectivity index (χ0n) is 16.7. The van der Waals surface area contributed by atoms with Crippen LogP contribution < -0.4 is 5.32 Å². The summed E-state index contributed by atoms with van der Waals surface area (Å²) in [7, 11) is 0. The van der Waals surface area contributed by atoms with Gasteiger partial charge in [-0.25, -0.2) is 5.32 Å². The van der Waals surface area contributed by atoms with Crippen LogP contribution in [0.1, 0.15) is 70.8 Å². The fourth-order valence-electron chi connectivity index (χ4n) is 3.62. The number of rotatable bonds is 10. The van der Waals surface area contributed by atoms with Gasteiger partial charge in [-0.15, -0.1) is 0 Å². The molecular formula is C22H37N2O2+. The van der Waals surface area contributed by atoms with Gasteiger partial charge in [-0.3, -0.25) is 4.90 Å². The summed E-state index contributed by atoms with van der Waals surface area (Å²) in [6.45, 7) is 7.34. The number of primary amides is 1. The second kappa shape index (κ2) is 12.1. The van der Waals surface area contributed by atoms with Crippen LogP contribution in [-0.4, -0.2) is 36.7 Å². The highest BCUT2D eigenvalue weighted by Crippen LogP contribution is 2.11. The maximum Gasteiger partial charge on any atom is 0.518 e. The Morgan fingerprint density at radius 2 is 1.77 bits per heavy atom. The molecule has 0 radical (unpaired) electrons. The zero-order valence-corrected chi connectivity index (χ0v) is 16.7. The van der Waals surface area contributed by atoms with Crippen LogP contribution in [0.15, 0.2) is 24.3 Å². The van der Waals surface area contributed by atoms with E-state index in [-0.39, 0.29) is 12.2 Å². The molecule has 1 heterocycles. The molecule has 1 atom stereocenters. The Bertz CT molecular complexity index is 509. The van der Waals surface area contributed by atoms with Crippen molar-refractivity contribution in [1.29, 1.82) is 0 Å². The Morgan fingerprint density at radius 1 is 1.08 bits per heavy atom. The maximum atomic E-state index is 12.1. The van der Waals surface area contributed by atoms with Gasteiger partial charge in [0.15, 0.2) is 0 Å². The number of unbranched alkanes of at least 4 members (excludes halogenated alkanes) is 4. The first-order valence-corrected chi connectivity index (χ1v) is 10.5. The van der Waals surface area contributed by atoms with E-state index in [0.29, 0.717) is 0 Å². The van der Waals surface area contributed by atoms with Crippen LogP contribution in [0.25, 0.3) is 0 Å². The SMILES string of the molecule is CCCCCCCc1ccc([NH2+]C(=O)O[C@@H](C)CN2CCCCC2)cc1. The number of amides is 1. The molecule has 0 unspecified atom stereocenters. The molecule has 1 amide bonds. The molecule has 2 N–H and O–H groups in total. The summed E-state index contributed by atoms with van der Waals surface area (Å²) in [6.07, 6.45) is 11.2. The quantitative estimate of drug-likeness (QED) is 0.496. The monoisotopic (exact) mass is 361 g/mol. The Morgan fingerprint density at radius 3 is 2.46 bits per heavy atom. The molecule has 1 fully saturated rings. The van der Waals surface area contributed by atoms with Crippen LogP contribution in [0.3, 0.4) is 0 Å². The molecule has 0 spiro atoms. The summed E-state index contributed by atoms with van der Waals surface area (Å²) in [5, 5.41) is 1.61. The lowest BCUT2D eigenvalue weighted by atomic mass is 10.1. The predicted molar refractivity (Wildman–Crippen MR) is 107 cm³/mol. The van der Waals surface area contributed by atoms with E-state index in [2.05, 4.69) is 24.0 Å². The van der Waals surface area contributed by atoms with Gasteiger partial charge in [0.05, 0.1) is 0 Å². The summed E-state index contributed by atoms with van der Waals surface area (Å²) in [5.74, 6) is 0. The number of likely N-dealkylation sites (tertiary alicyclic amines) is 1. The topological polar surface area (TPSA) is 46.1 Å². The van der Waals surface area contributed by atoms with Gasteiger partial charge in [-0.05, 0) is 63.4 Å². The van der Waals surface area contributed by atoms with Crippen LogP contribution >= 0.6 is 0 Å². The molecule has 0 saturated carbocycles. The number of nitrogens with zero attached hydrogens (tertiary/aromatic N) is 1. The molecule has 146 valence electrons. The molecule has 26 heavy (non-hydrogen) atoms. The molecule has 0 bridgehead atoms.